The fourth-order valence-corrected chi connectivity index (χ4v) is 2.61. The first-order valence-corrected chi connectivity index (χ1v) is 6.99. The van der Waals surface area contributed by atoms with Crippen LogP contribution in [0.2, 0.25) is 0 Å². The molecule has 0 fully saturated rings. The molecular weight excluding hydrogens is 320 g/mol. The molecule has 6 heteroatoms. The molecule has 0 aliphatic heterocycles. The molecule has 0 atom stereocenters. The Labute approximate surface area is 124 Å². The molecule has 0 radical (unpaired) electrons. The maximum Gasteiger partial charge on any atom is 0.295 e. The van der Waals surface area contributed by atoms with Crippen LogP contribution < -0.4 is 5.56 Å². The third kappa shape index (κ3) is 2.16. The second-order valence-electron chi connectivity index (χ2n) is 4.71. The minimum Gasteiger partial charge on any atom is -0.271 e. The zero-order chi connectivity index (χ0) is 14.3. The number of aryl methyl sites for hydroxylation is 2. The van der Waals surface area contributed by atoms with Crippen LogP contribution in [-0.2, 0) is 13.6 Å². The van der Waals surface area contributed by atoms with Crippen molar-refractivity contribution in [3.8, 4) is 0 Å². The van der Waals surface area contributed by atoms with Gasteiger partial charge in [0.1, 0.15) is 0 Å². The molecule has 0 saturated heterocycles. The van der Waals surface area contributed by atoms with Crippen LogP contribution in [0.4, 0.5) is 0 Å². The van der Waals surface area contributed by atoms with Gasteiger partial charge in [0.05, 0.1) is 12.7 Å². The van der Waals surface area contributed by atoms with Crippen molar-refractivity contribution >= 4 is 26.8 Å². The Bertz CT molecular complexity index is 850. The molecule has 1 aromatic carbocycles. The highest BCUT2D eigenvalue weighted by atomic mass is 79.9. The lowest BCUT2D eigenvalue weighted by molar-refractivity contribution is 0.644. The van der Waals surface area contributed by atoms with E-state index in [0.29, 0.717) is 12.1 Å². The Morgan fingerprint density at radius 1 is 1.35 bits per heavy atom. The van der Waals surface area contributed by atoms with Gasteiger partial charge in [0.2, 0.25) is 0 Å². The van der Waals surface area contributed by atoms with Crippen LogP contribution in [0, 0.1) is 6.92 Å². The number of halogens is 1. The summed E-state index contributed by atoms with van der Waals surface area (Å²) in [5, 5.41) is 9.32. The summed E-state index contributed by atoms with van der Waals surface area (Å²) in [5.74, 6) is 0. The van der Waals surface area contributed by atoms with Gasteiger partial charge in [0.15, 0.2) is 5.52 Å². The van der Waals surface area contributed by atoms with Gasteiger partial charge in [0, 0.05) is 22.6 Å². The standard InChI is InChI=1S/C14H13BrN4O/c1-9-12-7-16-19(14(20)13(12)17-18(9)2)8-10-4-3-5-11(15)6-10/h3-7H,8H2,1-2H3. The van der Waals surface area contributed by atoms with Crippen molar-refractivity contribution in [3.63, 3.8) is 0 Å². The minimum atomic E-state index is -0.161. The van der Waals surface area contributed by atoms with E-state index < -0.39 is 0 Å². The number of hydrogen-bond acceptors (Lipinski definition) is 3. The molecule has 5 nitrogen and oxygen atoms in total. The van der Waals surface area contributed by atoms with E-state index in [2.05, 4.69) is 26.1 Å². The van der Waals surface area contributed by atoms with Gasteiger partial charge in [-0.25, -0.2) is 4.68 Å². The van der Waals surface area contributed by atoms with Gasteiger partial charge in [-0.2, -0.15) is 10.2 Å². The second-order valence-corrected chi connectivity index (χ2v) is 5.62. The van der Waals surface area contributed by atoms with Crippen LogP contribution in [0.5, 0.6) is 0 Å². The molecule has 0 aliphatic carbocycles. The van der Waals surface area contributed by atoms with Gasteiger partial charge in [0.25, 0.3) is 5.56 Å². The van der Waals surface area contributed by atoms with Gasteiger partial charge in [-0.1, -0.05) is 28.1 Å². The van der Waals surface area contributed by atoms with Gasteiger partial charge in [-0.15, -0.1) is 0 Å². The van der Waals surface area contributed by atoms with E-state index in [1.165, 1.54) is 4.68 Å². The van der Waals surface area contributed by atoms with Crippen molar-refractivity contribution in [2.75, 3.05) is 0 Å². The summed E-state index contributed by atoms with van der Waals surface area (Å²) in [5.41, 5.74) is 2.27. The predicted molar refractivity (Wildman–Crippen MR) is 80.8 cm³/mol. The van der Waals surface area contributed by atoms with Crippen molar-refractivity contribution in [3.05, 3.63) is 56.5 Å². The molecule has 20 heavy (non-hydrogen) atoms. The Morgan fingerprint density at radius 2 is 2.15 bits per heavy atom. The smallest absolute Gasteiger partial charge is 0.271 e. The van der Waals surface area contributed by atoms with Crippen molar-refractivity contribution in [2.24, 2.45) is 7.05 Å². The van der Waals surface area contributed by atoms with Crippen molar-refractivity contribution in [1.82, 2.24) is 19.6 Å². The lowest BCUT2D eigenvalue weighted by Gasteiger charge is -2.04. The highest BCUT2D eigenvalue weighted by molar-refractivity contribution is 9.10. The van der Waals surface area contributed by atoms with E-state index in [1.54, 1.807) is 10.9 Å². The average Bonchev–Trinajstić information content (AvgIpc) is 2.70. The first-order chi connectivity index (χ1) is 9.56. The molecule has 0 saturated carbocycles. The summed E-state index contributed by atoms with van der Waals surface area (Å²) < 4.78 is 4.13. The molecule has 0 bridgehead atoms. The molecular formula is C14H13BrN4O. The normalized spacial score (nSPS) is 11.2. The number of aromatic nitrogens is 4. The van der Waals surface area contributed by atoms with Gasteiger partial charge < -0.3 is 0 Å². The minimum absolute atomic E-state index is 0.161. The maximum atomic E-state index is 12.4. The van der Waals surface area contributed by atoms with Crippen LogP contribution in [0.1, 0.15) is 11.3 Å². The molecule has 3 aromatic rings. The number of nitrogens with zero attached hydrogens (tertiary/aromatic N) is 4. The third-order valence-electron chi connectivity index (χ3n) is 3.36. The average molecular weight is 333 g/mol. The van der Waals surface area contributed by atoms with Gasteiger partial charge >= 0.3 is 0 Å². The highest BCUT2D eigenvalue weighted by Crippen LogP contribution is 2.14. The lowest BCUT2D eigenvalue weighted by atomic mass is 10.2. The van der Waals surface area contributed by atoms with Crippen LogP contribution in [0.25, 0.3) is 10.9 Å². The summed E-state index contributed by atoms with van der Waals surface area (Å²) in [6.45, 7) is 2.36. The Morgan fingerprint density at radius 3 is 2.90 bits per heavy atom. The monoisotopic (exact) mass is 332 g/mol. The van der Waals surface area contributed by atoms with Gasteiger partial charge in [-0.3, -0.25) is 9.48 Å². The first kappa shape index (κ1) is 13.1. The molecule has 0 spiro atoms. The van der Waals surface area contributed by atoms with E-state index in [0.717, 1.165) is 21.1 Å². The van der Waals surface area contributed by atoms with E-state index in [1.807, 2.05) is 38.2 Å². The maximum absolute atomic E-state index is 12.4. The number of hydrogen-bond donors (Lipinski definition) is 0. The lowest BCUT2D eigenvalue weighted by Crippen LogP contribution is -2.23. The molecule has 0 N–H and O–H groups in total. The largest absolute Gasteiger partial charge is 0.295 e. The fourth-order valence-electron chi connectivity index (χ4n) is 2.16. The first-order valence-electron chi connectivity index (χ1n) is 6.20. The zero-order valence-corrected chi connectivity index (χ0v) is 12.8. The Kier molecular flexibility index (Phi) is 3.17. The summed E-state index contributed by atoms with van der Waals surface area (Å²) in [7, 11) is 1.83. The van der Waals surface area contributed by atoms with Crippen molar-refractivity contribution in [2.45, 2.75) is 13.5 Å². The highest BCUT2D eigenvalue weighted by Gasteiger charge is 2.11. The number of rotatable bonds is 2. The van der Waals surface area contributed by atoms with Crippen LogP contribution in [0.3, 0.4) is 0 Å². The van der Waals surface area contributed by atoms with Crippen LogP contribution in [-0.4, -0.2) is 19.6 Å². The summed E-state index contributed by atoms with van der Waals surface area (Å²) >= 11 is 3.42. The van der Waals surface area contributed by atoms with Crippen molar-refractivity contribution in [1.29, 1.82) is 0 Å². The second kappa shape index (κ2) is 4.86. The fraction of sp³-hybridized carbons (Fsp3) is 0.214. The molecule has 0 aliphatic rings. The third-order valence-corrected chi connectivity index (χ3v) is 3.86. The Balaban J connectivity index is 2.09. The summed E-state index contributed by atoms with van der Waals surface area (Å²) in [6.07, 6.45) is 1.71. The number of benzene rings is 1. The van der Waals surface area contributed by atoms with Crippen LogP contribution >= 0.6 is 15.9 Å². The Hall–Kier alpha value is -1.95. The van der Waals surface area contributed by atoms with E-state index in [4.69, 9.17) is 0 Å². The molecule has 102 valence electrons. The van der Waals surface area contributed by atoms with Crippen molar-refractivity contribution < 1.29 is 0 Å². The number of fused-ring (bicyclic) bond motifs is 1. The zero-order valence-electron chi connectivity index (χ0n) is 11.2. The van der Waals surface area contributed by atoms with E-state index >= 15 is 0 Å². The molecule has 0 amide bonds. The summed E-state index contributed by atoms with van der Waals surface area (Å²) in [4.78, 5) is 12.4. The van der Waals surface area contributed by atoms with Crippen LogP contribution in [0.15, 0.2) is 39.7 Å². The summed E-state index contributed by atoms with van der Waals surface area (Å²) in [6, 6.07) is 7.83. The van der Waals surface area contributed by atoms with E-state index in [-0.39, 0.29) is 5.56 Å². The van der Waals surface area contributed by atoms with E-state index in [9.17, 15) is 4.79 Å². The molecule has 3 rings (SSSR count). The topological polar surface area (TPSA) is 52.7 Å². The quantitative estimate of drug-likeness (QED) is 0.723. The van der Waals surface area contributed by atoms with Gasteiger partial charge in [-0.05, 0) is 24.6 Å². The molecule has 2 aromatic heterocycles. The SMILES string of the molecule is Cc1c2cnn(Cc3cccc(Br)c3)c(=O)c2nn1C. The molecule has 2 heterocycles. The predicted octanol–water partition coefficient (Wildman–Crippen LogP) is 2.25. The molecule has 0 unspecified atom stereocenters.